The van der Waals surface area contributed by atoms with Crippen LogP contribution in [0, 0.1) is 0 Å². The Balaban J connectivity index is 2.55. The first-order valence-electron chi connectivity index (χ1n) is 6.38. The molecule has 4 heteroatoms. The fraction of sp³-hybridized carbons (Fsp3) is 0.571. The third-order valence-corrected chi connectivity index (χ3v) is 2.38. The molecule has 4 nitrogen and oxygen atoms in total. The van der Waals surface area contributed by atoms with Gasteiger partial charge >= 0.3 is 0 Å². The second-order valence-corrected chi connectivity index (χ2v) is 4.39. The summed E-state index contributed by atoms with van der Waals surface area (Å²) >= 11 is 0. The predicted molar refractivity (Wildman–Crippen MR) is 72.3 cm³/mol. The van der Waals surface area contributed by atoms with E-state index in [4.69, 9.17) is 9.47 Å². The Morgan fingerprint density at radius 3 is 2.28 bits per heavy atom. The van der Waals surface area contributed by atoms with E-state index < -0.39 is 0 Å². The molecule has 0 amide bonds. The lowest BCUT2D eigenvalue weighted by Crippen LogP contribution is -2.41. The van der Waals surface area contributed by atoms with Crippen molar-refractivity contribution in [3.05, 3.63) is 24.3 Å². The molecule has 0 radical (unpaired) electrons. The number of ether oxygens (including phenoxy) is 2. The second kappa shape index (κ2) is 7.95. The summed E-state index contributed by atoms with van der Waals surface area (Å²) in [6, 6.07) is 7.81. The first-order valence-corrected chi connectivity index (χ1v) is 6.38. The topological polar surface area (TPSA) is 50.7 Å². The number of aliphatic hydroxyl groups is 1. The molecule has 0 saturated heterocycles. The fourth-order valence-electron chi connectivity index (χ4n) is 1.66. The summed E-state index contributed by atoms with van der Waals surface area (Å²) in [6.45, 7) is 7.09. The molecule has 0 aliphatic carbocycles. The molecule has 0 fully saturated rings. The summed E-state index contributed by atoms with van der Waals surface area (Å²) in [7, 11) is 0. The number of benzene rings is 1. The first kappa shape index (κ1) is 14.8. The Bertz CT molecular complexity index is 342. The quantitative estimate of drug-likeness (QED) is 0.742. The molecule has 102 valence electrons. The van der Waals surface area contributed by atoms with Gasteiger partial charge in [-0.05, 0) is 19.1 Å². The summed E-state index contributed by atoms with van der Waals surface area (Å²) in [6.07, 6.45) is 0. The lowest BCUT2D eigenvalue weighted by Gasteiger charge is -2.20. The van der Waals surface area contributed by atoms with E-state index in [0.29, 0.717) is 25.0 Å². The Labute approximate surface area is 109 Å². The Hall–Kier alpha value is -1.26. The minimum atomic E-state index is -0.0697. The zero-order chi connectivity index (χ0) is 13.4. The monoisotopic (exact) mass is 253 g/mol. The van der Waals surface area contributed by atoms with Crippen molar-refractivity contribution in [2.45, 2.75) is 32.9 Å². The number of hydrogen-bond donors (Lipinski definition) is 2. The maximum Gasteiger partial charge on any atom is 0.161 e. The summed E-state index contributed by atoms with van der Waals surface area (Å²) in [5, 5.41) is 12.5. The number of para-hydroxylation sites is 2. The van der Waals surface area contributed by atoms with E-state index in [1.165, 1.54) is 0 Å². The van der Waals surface area contributed by atoms with Gasteiger partial charge in [0.05, 0.1) is 19.3 Å². The van der Waals surface area contributed by atoms with Crippen LogP contribution in [0.4, 0.5) is 0 Å². The van der Waals surface area contributed by atoms with Crippen LogP contribution in [0.2, 0.25) is 0 Å². The second-order valence-electron chi connectivity index (χ2n) is 4.39. The maximum absolute atomic E-state index is 9.25. The first-order chi connectivity index (χ1) is 8.67. The Morgan fingerprint density at radius 1 is 1.17 bits per heavy atom. The van der Waals surface area contributed by atoms with E-state index in [9.17, 15) is 5.11 Å². The molecule has 0 heterocycles. The van der Waals surface area contributed by atoms with Crippen molar-refractivity contribution in [3.63, 3.8) is 0 Å². The van der Waals surface area contributed by atoms with Gasteiger partial charge in [0, 0.05) is 6.04 Å². The van der Waals surface area contributed by atoms with Crippen molar-refractivity contribution in [1.29, 1.82) is 0 Å². The predicted octanol–water partition coefficient (Wildman–Crippen LogP) is 1.82. The molecule has 0 saturated carbocycles. The van der Waals surface area contributed by atoms with Crippen LogP contribution in [-0.2, 0) is 0 Å². The van der Waals surface area contributed by atoms with E-state index in [1.807, 2.05) is 45.0 Å². The van der Waals surface area contributed by atoms with E-state index >= 15 is 0 Å². The van der Waals surface area contributed by atoms with E-state index in [2.05, 4.69) is 5.32 Å². The highest BCUT2D eigenvalue weighted by Gasteiger charge is 2.11. The van der Waals surface area contributed by atoms with Gasteiger partial charge in [-0.2, -0.15) is 0 Å². The molecule has 1 rings (SSSR count). The summed E-state index contributed by atoms with van der Waals surface area (Å²) in [5.74, 6) is 1.45. The van der Waals surface area contributed by atoms with Gasteiger partial charge in [-0.15, -0.1) is 0 Å². The third-order valence-electron chi connectivity index (χ3n) is 2.38. The van der Waals surface area contributed by atoms with Crippen molar-refractivity contribution in [1.82, 2.24) is 5.32 Å². The molecule has 1 unspecified atom stereocenters. The van der Waals surface area contributed by atoms with Gasteiger partial charge in [-0.1, -0.05) is 26.0 Å². The largest absolute Gasteiger partial charge is 0.490 e. The minimum Gasteiger partial charge on any atom is -0.490 e. The molecular formula is C14H23NO3. The number of rotatable bonds is 8. The highest BCUT2D eigenvalue weighted by atomic mass is 16.5. The third kappa shape index (κ3) is 4.94. The van der Waals surface area contributed by atoms with Crippen LogP contribution >= 0.6 is 0 Å². The van der Waals surface area contributed by atoms with Crippen LogP contribution in [-0.4, -0.2) is 37.0 Å². The minimum absolute atomic E-state index is 0.0506. The van der Waals surface area contributed by atoms with E-state index in [0.717, 1.165) is 5.75 Å². The zero-order valence-corrected chi connectivity index (χ0v) is 11.3. The standard InChI is InChI=1S/C14H23NO3/c1-4-17-13-7-5-6-8-14(13)18-10-12(9-16)15-11(2)3/h5-8,11-12,15-16H,4,9-10H2,1-3H3. The molecule has 0 aliphatic heterocycles. The van der Waals surface area contributed by atoms with E-state index in [1.54, 1.807) is 0 Å². The van der Waals surface area contributed by atoms with Crippen LogP contribution in [0.25, 0.3) is 0 Å². The molecule has 18 heavy (non-hydrogen) atoms. The zero-order valence-electron chi connectivity index (χ0n) is 11.3. The molecule has 1 aromatic carbocycles. The van der Waals surface area contributed by atoms with Crippen molar-refractivity contribution in [3.8, 4) is 11.5 Å². The maximum atomic E-state index is 9.25. The average molecular weight is 253 g/mol. The van der Waals surface area contributed by atoms with Gasteiger partial charge in [0.25, 0.3) is 0 Å². The molecule has 0 bridgehead atoms. The van der Waals surface area contributed by atoms with Crippen LogP contribution < -0.4 is 14.8 Å². The molecule has 2 N–H and O–H groups in total. The number of nitrogens with one attached hydrogen (secondary N) is 1. The number of hydrogen-bond acceptors (Lipinski definition) is 4. The van der Waals surface area contributed by atoms with E-state index in [-0.39, 0.29) is 12.6 Å². The van der Waals surface area contributed by atoms with Gasteiger partial charge in [0.1, 0.15) is 6.61 Å². The van der Waals surface area contributed by atoms with Crippen molar-refractivity contribution in [2.75, 3.05) is 19.8 Å². The molecule has 0 aromatic heterocycles. The summed E-state index contributed by atoms with van der Waals surface area (Å²) in [5.41, 5.74) is 0. The molecule has 0 spiro atoms. The van der Waals surface area contributed by atoms with Gasteiger partial charge in [0.15, 0.2) is 11.5 Å². The van der Waals surface area contributed by atoms with Crippen molar-refractivity contribution < 1.29 is 14.6 Å². The normalized spacial score (nSPS) is 12.5. The van der Waals surface area contributed by atoms with Crippen molar-refractivity contribution in [2.24, 2.45) is 0 Å². The van der Waals surface area contributed by atoms with Gasteiger partial charge < -0.3 is 19.9 Å². The smallest absolute Gasteiger partial charge is 0.161 e. The lowest BCUT2D eigenvalue weighted by molar-refractivity contribution is 0.172. The van der Waals surface area contributed by atoms with Crippen molar-refractivity contribution >= 4 is 0 Å². The molecule has 1 atom stereocenters. The molecule has 0 aliphatic rings. The summed E-state index contributed by atoms with van der Waals surface area (Å²) < 4.78 is 11.2. The Kier molecular flexibility index (Phi) is 6.54. The fourth-order valence-corrected chi connectivity index (χ4v) is 1.66. The lowest BCUT2D eigenvalue weighted by atomic mass is 10.2. The highest BCUT2D eigenvalue weighted by Crippen LogP contribution is 2.26. The van der Waals surface area contributed by atoms with Crippen LogP contribution in [0.3, 0.4) is 0 Å². The SMILES string of the molecule is CCOc1ccccc1OCC(CO)NC(C)C. The molecular weight excluding hydrogens is 230 g/mol. The molecule has 1 aromatic rings. The summed E-state index contributed by atoms with van der Waals surface area (Å²) in [4.78, 5) is 0. The Morgan fingerprint density at radius 2 is 1.78 bits per heavy atom. The van der Waals surface area contributed by atoms with Crippen LogP contribution in [0.15, 0.2) is 24.3 Å². The van der Waals surface area contributed by atoms with Gasteiger partial charge in [-0.25, -0.2) is 0 Å². The highest BCUT2D eigenvalue weighted by molar-refractivity contribution is 5.39. The van der Waals surface area contributed by atoms with Crippen LogP contribution in [0.5, 0.6) is 11.5 Å². The van der Waals surface area contributed by atoms with Gasteiger partial charge in [-0.3, -0.25) is 0 Å². The average Bonchev–Trinajstić information content (AvgIpc) is 2.36. The van der Waals surface area contributed by atoms with Gasteiger partial charge in [0.2, 0.25) is 0 Å². The van der Waals surface area contributed by atoms with Crippen LogP contribution in [0.1, 0.15) is 20.8 Å². The number of aliphatic hydroxyl groups excluding tert-OH is 1.